The largest absolute Gasteiger partial charge is 0.394 e. The van der Waals surface area contributed by atoms with E-state index in [0.717, 1.165) is 28.8 Å². The molecule has 4 nitrogen and oxygen atoms in total. The molecule has 1 aliphatic rings. The molecule has 2 heterocycles. The Labute approximate surface area is 100 Å². The number of nitrogens with zero attached hydrogens (tertiary/aromatic N) is 2. The number of aryl methyl sites for hydroxylation is 1. The van der Waals surface area contributed by atoms with Crippen molar-refractivity contribution in [2.45, 2.75) is 32.2 Å². The molecule has 1 fully saturated rings. The van der Waals surface area contributed by atoms with Crippen molar-refractivity contribution in [2.24, 2.45) is 5.73 Å². The van der Waals surface area contributed by atoms with Crippen LogP contribution < -0.4 is 10.6 Å². The highest BCUT2D eigenvalue weighted by Crippen LogP contribution is 2.31. The van der Waals surface area contributed by atoms with Crippen molar-refractivity contribution in [3.05, 3.63) is 10.6 Å². The zero-order valence-electron chi connectivity index (χ0n) is 9.65. The van der Waals surface area contributed by atoms with Gasteiger partial charge in [-0.3, -0.25) is 0 Å². The smallest absolute Gasteiger partial charge is 0.185 e. The maximum absolute atomic E-state index is 9.07. The number of hydrogen-bond acceptors (Lipinski definition) is 5. The average molecular weight is 241 g/mol. The van der Waals surface area contributed by atoms with Crippen LogP contribution in [0, 0.1) is 6.92 Å². The summed E-state index contributed by atoms with van der Waals surface area (Å²) in [5.41, 5.74) is 6.80. The molecule has 90 valence electrons. The summed E-state index contributed by atoms with van der Waals surface area (Å²) >= 11 is 1.63. The van der Waals surface area contributed by atoms with E-state index in [9.17, 15) is 0 Å². The fourth-order valence-electron chi connectivity index (χ4n) is 2.04. The summed E-state index contributed by atoms with van der Waals surface area (Å²) in [5, 5.41) is 10.1. The Morgan fingerprint density at radius 2 is 2.12 bits per heavy atom. The first-order valence-corrected chi connectivity index (χ1v) is 6.62. The van der Waals surface area contributed by atoms with E-state index < -0.39 is 0 Å². The number of piperidine rings is 1. The van der Waals surface area contributed by atoms with Gasteiger partial charge in [0, 0.05) is 18.0 Å². The van der Waals surface area contributed by atoms with Crippen LogP contribution in [0.5, 0.6) is 0 Å². The van der Waals surface area contributed by atoms with E-state index >= 15 is 0 Å². The zero-order chi connectivity index (χ0) is 11.5. The van der Waals surface area contributed by atoms with Gasteiger partial charge in [0.2, 0.25) is 0 Å². The number of aliphatic hydroxyl groups is 1. The van der Waals surface area contributed by atoms with E-state index in [-0.39, 0.29) is 12.6 Å². The molecule has 0 aliphatic carbocycles. The van der Waals surface area contributed by atoms with Crippen LogP contribution in [-0.4, -0.2) is 29.8 Å². The number of hydrogen-bond donors (Lipinski definition) is 2. The minimum Gasteiger partial charge on any atom is -0.394 e. The van der Waals surface area contributed by atoms with Crippen molar-refractivity contribution >= 4 is 16.5 Å². The summed E-state index contributed by atoms with van der Waals surface area (Å²) in [6, 6.07) is -0.281. The van der Waals surface area contributed by atoms with Gasteiger partial charge >= 0.3 is 0 Å². The molecule has 16 heavy (non-hydrogen) atoms. The third-order valence-corrected chi connectivity index (χ3v) is 4.33. The molecule has 1 aliphatic heterocycles. The number of aromatic nitrogens is 1. The molecule has 1 atom stereocenters. The van der Waals surface area contributed by atoms with Crippen LogP contribution in [0.25, 0.3) is 0 Å². The molecule has 1 aromatic heterocycles. The third kappa shape index (κ3) is 2.36. The van der Waals surface area contributed by atoms with Crippen LogP contribution in [0.3, 0.4) is 0 Å². The molecule has 0 saturated carbocycles. The number of anilines is 1. The summed E-state index contributed by atoms with van der Waals surface area (Å²) in [6.45, 7) is 4.15. The van der Waals surface area contributed by atoms with Gasteiger partial charge in [0.1, 0.15) is 0 Å². The quantitative estimate of drug-likeness (QED) is 0.840. The second-order valence-electron chi connectivity index (χ2n) is 4.28. The van der Waals surface area contributed by atoms with E-state index in [1.165, 1.54) is 19.3 Å². The Balaban J connectivity index is 2.16. The molecular weight excluding hydrogens is 222 g/mol. The third-order valence-electron chi connectivity index (χ3n) is 2.98. The highest BCUT2D eigenvalue weighted by molar-refractivity contribution is 7.15. The molecule has 1 aromatic rings. The van der Waals surface area contributed by atoms with Gasteiger partial charge in [-0.1, -0.05) is 11.3 Å². The minimum atomic E-state index is -0.281. The van der Waals surface area contributed by atoms with Crippen molar-refractivity contribution in [3.8, 4) is 0 Å². The lowest BCUT2D eigenvalue weighted by Crippen LogP contribution is -2.29. The van der Waals surface area contributed by atoms with Crippen LogP contribution >= 0.6 is 11.3 Å². The standard InChI is InChI=1S/C11H19N3OS/c1-8-10(9(12)7-15)16-11(13-8)14-5-3-2-4-6-14/h9,15H,2-7,12H2,1H3/t9-/m0/s1. The van der Waals surface area contributed by atoms with Gasteiger partial charge in [0.15, 0.2) is 5.13 Å². The van der Waals surface area contributed by atoms with Crippen LogP contribution in [0.2, 0.25) is 0 Å². The first kappa shape index (κ1) is 11.8. The molecule has 1 saturated heterocycles. The van der Waals surface area contributed by atoms with Gasteiger partial charge < -0.3 is 15.7 Å². The SMILES string of the molecule is Cc1nc(N2CCCCC2)sc1[C@@H](N)CO. The monoisotopic (exact) mass is 241 g/mol. The Bertz CT molecular complexity index is 347. The van der Waals surface area contributed by atoms with E-state index in [1.807, 2.05) is 6.92 Å². The Morgan fingerprint density at radius 1 is 1.44 bits per heavy atom. The van der Waals surface area contributed by atoms with Crippen molar-refractivity contribution in [1.82, 2.24) is 4.98 Å². The highest BCUT2D eigenvalue weighted by Gasteiger charge is 2.19. The van der Waals surface area contributed by atoms with Crippen LogP contribution in [0.15, 0.2) is 0 Å². The lowest BCUT2D eigenvalue weighted by Gasteiger charge is -2.25. The topological polar surface area (TPSA) is 62.4 Å². The second kappa shape index (κ2) is 5.12. The van der Waals surface area contributed by atoms with Crippen LogP contribution in [0.4, 0.5) is 5.13 Å². The zero-order valence-corrected chi connectivity index (χ0v) is 10.5. The molecule has 3 N–H and O–H groups in total. The molecule has 0 bridgehead atoms. The van der Waals surface area contributed by atoms with Gasteiger partial charge in [-0.15, -0.1) is 0 Å². The van der Waals surface area contributed by atoms with Crippen molar-refractivity contribution in [1.29, 1.82) is 0 Å². The van der Waals surface area contributed by atoms with E-state index in [1.54, 1.807) is 11.3 Å². The highest BCUT2D eigenvalue weighted by atomic mass is 32.1. The molecule has 0 spiro atoms. The Hall–Kier alpha value is -0.650. The molecule has 5 heteroatoms. The minimum absolute atomic E-state index is 0.0114. The van der Waals surface area contributed by atoms with Gasteiger partial charge in [0.05, 0.1) is 18.3 Å². The predicted molar refractivity (Wildman–Crippen MR) is 66.9 cm³/mol. The number of nitrogens with two attached hydrogens (primary N) is 1. The van der Waals surface area contributed by atoms with Gasteiger partial charge in [-0.25, -0.2) is 4.98 Å². The molecule has 0 radical (unpaired) electrons. The summed E-state index contributed by atoms with van der Waals surface area (Å²) in [6.07, 6.45) is 3.82. The summed E-state index contributed by atoms with van der Waals surface area (Å²) in [7, 11) is 0. The van der Waals surface area contributed by atoms with Gasteiger partial charge in [-0.2, -0.15) is 0 Å². The lowest BCUT2D eigenvalue weighted by atomic mass is 10.1. The van der Waals surface area contributed by atoms with Crippen molar-refractivity contribution < 1.29 is 5.11 Å². The first-order chi connectivity index (χ1) is 7.72. The molecule has 2 rings (SSSR count). The fraction of sp³-hybridized carbons (Fsp3) is 0.727. The van der Waals surface area contributed by atoms with Crippen LogP contribution in [-0.2, 0) is 0 Å². The van der Waals surface area contributed by atoms with E-state index in [2.05, 4.69) is 9.88 Å². The van der Waals surface area contributed by atoms with E-state index in [0.29, 0.717) is 0 Å². The van der Waals surface area contributed by atoms with Crippen molar-refractivity contribution in [3.63, 3.8) is 0 Å². The maximum Gasteiger partial charge on any atom is 0.185 e. The van der Waals surface area contributed by atoms with Gasteiger partial charge in [-0.05, 0) is 26.2 Å². The normalized spacial score (nSPS) is 18.8. The Kier molecular flexibility index (Phi) is 3.78. The average Bonchev–Trinajstić information content (AvgIpc) is 2.71. The molecule has 0 unspecified atom stereocenters. The second-order valence-corrected chi connectivity index (χ2v) is 5.29. The summed E-state index contributed by atoms with van der Waals surface area (Å²) < 4.78 is 0. The van der Waals surface area contributed by atoms with Crippen LogP contribution in [0.1, 0.15) is 35.9 Å². The maximum atomic E-state index is 9.07. The van der Waals surface area contributed by atoms with Crippen molar-refractivity contribution in [2.75, 3.05) is 24.6 Å². The fourth-order valence-corrected chi connectivity index (χ4v) is 3.15. The van der Waals surface area contributed by atoms with E-state index in [4.69, 9.17) is 10.8 Å². The summed E-state index contributed by atoms with van der Waals surface area (Å²) in [4.78, 5) is 7.90. The molecular formula is C11H19N3OS. The summed E-state index contributed by atoms with van der Waals surface area (Å²) in [5.74, 6) is 0. The number of aliphatic hydroxyl groups excluding tert-OH is 1. The first-order valence-electron chi connectivity index (χ1n) is 5.81. The Morgan fingerprint density at radius 3 is 2.75 bits per heavy atom. The predicted octanol–water partition coefficient (Wildman–Crippen LogP) is 1.43. The number of thiazole rings is 1. The number of rotatable bonds is 3. The molecule has 0 aromatic carbocycles. The van der Waals surface area contributed by atoms with Gasteiger partial charge in [0.25, 0.3) is 0 Å². The lowest BCUT2D eigenvalue weighted by molar-refractivity contribution is 0.269. The molecule has 0 amide bonds.